The number of aromatic hydroxyl groups is 1. The molecular formula is C15H14Br2N2O2. The molecule has 3 N–H and O–H groups in total. The standard InChI is InChI=1S/C9H10Br2N2O2.C6H4/c1-2-13(9(12)15)5-3-6(10)8(14)7(11)4-5;1-2-5-4-6(5)3-1/h3-4,14H,2H2,1H3,(H2,12,15);1-4H. The fraction of sp³-hybridized carbons (Fsp3) is 0.133. The van der Waals surface area contributed by atoms with E-state index in [4.69, 9.17) is 5.73 Å². The van der Waals surface area contributed by atoms with Crippen LogP contribution >= 0.6 is 31.9 Å². The topological polar surface area (TPSA) is 66.6 Å². The second kappa shape index (κ2) is 6.49. The Kier molecular flexibility index (Phi) is 4.90. The first-order valence-electron chi connectivity index (χ1n) is 6.29. The molecule has 6 heteroatoms. The predicted molar refractivity (Wildman–Crippen MR) is 91.5 cm³/mol. The highest BCUT2D eigenvalue weighted by Gasteiger charge is 2.13. The first kappa shape index (κ1) is 15.9. The number of fused-ring (bicyclic) bond motifs is 1. The minimum absolute atomic E-state index is 0.0965. The van der Waals surface area contributed by atoms with Gasteiger partial charge in [-0.15, -0.1) is 0 Å². The number of benzene rings is 2. The second-order valence-electron chi connectivity index (χ2n) is 4.42. The van der Waals surface area contributed by atoms with Gasteiger partial charge in [-0.3, -0.25) is 4.90 Å². The number of anilines is 1. The van der Waals surface area contributed by atoms with E-state index in [9.17, 15) is 9.90 Å². The smallest absolute Gasteiger partial charge is 0.319 e. The Morgan fingerprint density at radius 2 is 1.71 bits per heavy atom. The predicted octanol–water partition coefficient (Wildman–Crippen LogP) is 4.49. The number of halogens is 2. The van der Waals surface area contributed by atoms with E-state index in [0.29, 0.717) is 21.2 Å². The van der Waals surface area contributed by atoms with Crippen molar-refractivity contribution in [1.29, 1.82) is 0 Å². The van der Waals surface area contributed by atoms with Gasteiger partial charge in [0.2, 0.25) is 0 Å². The summed E-state index contributed by atoms with van der Waals surface area (Å²) in [6.07, 6.45) is 0. The molecule has 0 atom stereocenters. The van der Waals surface area contributed by atoms with Crippen LogP contribution in [0.4, 0.5) is 10.5 Å². The lowest BCUT2D eigenvalue weighted by molar-refractivity contribution is 0.254. The number of urea groups is 1. The third kappa shape index (κ3) is 3.77. The number of carbonyl (C=O) groups is 1. The van der Waals surface area contributed by atoms with E-state index in [1.807, 2.05) is 6.92 Å². The molecule has 0 unspecified atom stereocenters. The monoisotopic (exact) mass is 412 g/mol. The molecule has 2 amide bonds. The van der Waals surface area contributed by atoms with E-state index in [1.165, 1.54) is 16.0 Å². The lowest BCUT2D eigenvalue weighted by Crippen LogP contribution is -2.35. The molecular weight excluding hydrogens is 400 g/mol. The number of primary amides is 1. The van der Waals surface area contributed by atoms with Crippen LogP contribution < -0.4 is 10.6 Å². The molecule has 0 saturated carbocycles. The highest BCUT2D eigenvalue weighted by Crippen LogP contribution is 2.36. The second-order valence-corrected chi connectivity index (χ2v) is 6.13. The van der Waals surface area contributed by atoms with Crippen LogP contribution in [0.3, 0.4) is 0 Å². The molecule has 0 radical (unpaired) electrons. The van der Waals surface area contributed by atoms with Crippen molar-refractivity contribution in [2.45, 2.75) is 6.92 Å². The first-order chi connectivity index (χ1) is 9.93. The van der Waals surface area contributed by atoms with Crippen molar-refractivity contribution in [3.8, 4) is 16.9 Å². The van der Waals surface area contributed by atoms with Crippen LogP contribution in [0, 0.1) is 0 Å². The highest BCUT2D eigenvalue weighted by atomic mass is 79.9. The molecule has 0 saturated heterocycles. The molecule has 0 fully saturated rings. The van der Waals surface area contributed by atoms with Gasteiger partial charge in [-0.05, 0) is 68.1 Å². The first-order valence-corrected chi connectivity index (χ1v) is 7.88. The summed E-state index contributed by atoms with van der Waals surface area (Å²) in [6.45, 7) is 2.29. The van der Waals surface area contributed by atoms with E-state index in [-0.39, 0.29) is 5.75 Å². The van der Waals surface area contributed by atoms with Gasteiger partial charge in [-0.1, -0.05) is 18.2 Å². The maximum atomic E-state index is 11.1. The fourth-order valence-corrected chi connectivity index (χ4v) is 3.01. The molecule has 110 valence electrons. The van der Waals surface area contributed by atoms with Crippen LogP contribution in [-0.4, -0.2) is 17.7 Å². The van der Waals surface area contributed by atoms with E-state index in [2.05, 4.69) is 56.1 Å². The Morgan fingerprint density at radius 1 is 1.19 bits per heavy atom. The van der Waals surface area contributed by atoms with Crippen LogP contribution in [0.5, 0.6) is 5.75 Å². The number of hydrogen-bond donors (Lipinski definition) is 2. The van der Waals surface area contributed by atoms with Crippen LogP contribution in [0.25, 0.3) is 11.1 Å². The molecule has 21 heavy (non-hydrogen) atoms. The van der Waals surface area contributed by atoms with Crippen LogP contribution in [0.15, 0.2) is 45.3 Å². The minimum atomic E-state index is -0.526. The number of rotatable bonds is 2. The summed E-state index contributed by atoms with van der Waals surface area (Å²) in [7, 11) is 0. The lowest BCUT2D eigenvalue weighted by Gasteiger charge is -2.19. The summed E-state index contributed by atoms with van der Waals surface area (Å²) < 4.78 is 1.01. The number of amides is 2. The summed E-state index contributed by atoms with van der Waals surface area (Å²) in [5, 5.41) is 9.50. The summed E-state index contributed by atoms with van der Waals surface area (Å²) in [5.74, 6) is 0.0965. The third-order valence-corrected chi connectivity index (χ3v) is 4.22. The number of phenolic OH excluding ortho intramolecular Hbond substituents is 1. The van der Waals surface area contributed by atoms with E-state index < -0.39 is 6.03 Å². The number of nitrogens with zero attached hydrogens (tertiary/aromatic N) is 1. The molecule has 2 aliphatic rings. The van der Waals surface area contributed by atoms with E-state index in [0.717, 1.165) is 0 Å². The number of hydrogen-bond acceptors (Lipinski definition) is 2. The van der Waals surface area contributed by atoms with Gasteiger partial charge in [0.25, 0.3) is 0 Å². The molecule has 3 rings (SSSR count). The van der Waals surface area contributed by atoms with Crippen molar-refractivity contribution in [3.63, 3.8) is 0 Å². The Balaban J connectivity index is 0.000000218. The van der Waals surface area contributed by atoms with Gasteiger partial charge < -0.3 is 10.8 Å². The lowest BCUT2D eigenvalue weighted by atomic mass is 10.3. The third-order valence-electron chi connectivity index (χ3n) is 3.01. The molecule has 0 aromatic heterocycles. The zero-order chi connectivity index (χ0) is 15.6. The molecule has 0 aliphatic heterocycles. The van der Waals surface area contributed by atoms with Gasteiger partial charge in [-0.25, -0.2) is 4.79 Å². The van der Waals surface area contributed by atoms with E-state index >= 15 is 0 Å². The van der Waals surface area contributed by atoms with Crippen molar-refractivity contribution < 1.29 is 9.90 Å². The molecule has 1 aromatic rings. The van der Waals surface area contributed by atoms with Crippen molar-refractivity contribution in [2.24, 2.45) is 5.73 Å². The van der Waals surface area contributed by atoms with Gasteiger partial charge in [0.05, 0.1) is 8.95 Å². The summed E-state index contributed by atoms with van der Waals surface area (Å²) in [5.41, 5.74) is 8.69. The van der Waals surface area contributed by atoms with Crippen LogP contribution in [0.2, 0.25) is 0 Å². The van der Waals surface area contributed by atoms with Gasteiger partial charge in [0.1, 0.15) is 5.75 Å². The molecule has 0 heterocycles. The van der Waals surface area contributed by atoms with Crippen LogP contribution in [0.1, 0.15) is 6.92 Å². The highest BCUT2D eigenvalue weighted by molar-refractivity contribution is 9.11. The van der Waals surface area contributed by atoms with Crippen molar-refractivity contribution in [3.05, 3.63) is 45.3 Å². The number of phenols is 1. The Morgan fingerprint density at radius 3 is 2.00 bits per heavy atom. The van der Waals surface area contributed by atoms with E-state index in [1.54, 1.807) is 12.1 Å². The van der Waals surface area contributed by atoms with Crippen LogP contribution in [-0.2, 0) is 0 Å². The Labute approximate surface area is 139 Å². The fourth-order valence-electron chi connectivity index (χ4n) is 1.85. The van der Waals surface area contributed by atoms with Gasteiger partial charge in [-0.2, -0.15) is 0 Å². The van der Waals surface area contributed by atoms with Gasteiger partial charge in [0, 0.05) is 12.2 Å². The molecule has 0 spiro atoms. The number of nitrogens with two attached hydrogens (primary N) is 1. The molecule has 4 nitrogen and oxygen atoms in total. The average Bonchev–Trinajstić information content (AvgIpc) is 3.03. The van der Waals surface area contributed by atoms with Gasteiger partial charge >= 0.3 is 6.03 Å². The summed E-state index contributed by atoms with van der Waals surface area (Å²) in [4.78, 5) is 12.5. The number of carbonyl (C=O) groups excluding carboxylic acids is 1. The quantitative estimate of drug-likeness (QED) is 0.649. The van der Waals surface area contributed by atoms with Gasteiger partial charge in [0.15, 0.2) is 0 Å². The SMILES string of the molecule is CCN(C(N)=O)c1cc(Br)c(O)c(Br)c1.c1cc2cc-2c1. The molecule has 2 aliphatic carbocycles. The Hall–Kier alpha value is -1.53. The molecule has 0 bridgehead atoms. The van der Waals surface area contributed by atoms with Crippen molar-refractivity contribution in [1.82, 2.24) is 0 Å². The van der Waals surface area contributed by atoms with Crippen molar-refractivity contribution >= 4 is 43.6 Å². The summed E-state index contributed by atoms with van der Waals surface area (Å²) in [6, 6.07) is 11.2. The minimum Gasteiger partial charge on any atom is -0.506 e. The summed E-state index contributed by atoms with van der Waals surface area (Å²) >= 11 is 6.37. The zero-order valence-corrected chi connectivity index (χ0v) is 14.5. The molecule has 1 aromatic carbocycles. The zero-order valence-electron chi connectivity index (χ0n) is 11.3. The average molecular weight is 414 g/mol. The maximum absolute atomic E-state index is 11.1. The normalized spacial score (nSPS) is 10.4. The Bertz CT molecular complexity index is 649. The largest absolute Gasteiger partial charge is 0.506 e. The maximum Gasteiger partial charge on any atom is 0.319 e. The van der Waals surface area contributed by atoms with Crippen molar-refractivity contribution in [2.75, 3.05) is 11.4 Å².